The Morgan fingerprint density at radius 2 is 2.35 bits per heavy atom. The van der Waals surface area contributed by atoms with Crippen LogP contribution in [0.2, 0.25) is 0 Å². The number of hydrogen-bond acceptors (Lipinski definition) is 5. The first-order chi connectivity index (χ1) is 9.61. The van der Waals surface area contributed by atoms with E-state index < -0.39 is 4.92 Å². The third kappa shape index (κ3) is 2.92. The summed E-state index contributed by atoms with van der Waals surface area (Å²) in [5.41, 5.74) is 1.63. The molecular formula is C13H13N5O2. The number of aromatic nitrogens is 2. The third-order valence-corrected chi connectivity index (χ3v) is 2.94. The molecule has 0 unspecified atom stereocenters. The van der Waals surface area contributed by atoms with Crippen molar-refractivity contribution in [1.29, 1.82) is 5.26 Å². The number of benzene rings is 1. The van der Waals surface area contributed by atoms with Crippen LogP contribution < -0.4 is 5.32 Å². The third-order valence-electron chi connectivity index (χ3n) is 2.94. The van der Waals surface area contributed by atoms with Crippen LogP contribution in [0.1, 0.15) is 11.3 Å². The average molecular weight is 271 g/mol. The van der Waals surface area contributed by atoms with Crippen LogP contribution in [0.25, 0.3) is 0 Å². The summed E-state index contributed by atoms with van der Waals surface area (Å²) < 4.78 is 1.90. The molecular weight excluding hydrogens is 258 g/mol. The lowest BCUT2D eigenvalue weighted by molar-refractivity contribution is -0.384. The zero-order chi connectivity index (χ0) is 14.5. The van der Waals surface area contributed by atoms with E-state index in [4.69, 9.17) is 5.26 Å². The maximum absolute atomic E-state index is 11.0. The van der Waals surface area contributed by atoms with E-state index in [1.165, 1.54) is 6.07 Å². The first kappa shape index (κ1) is 13.5. The quantitative estimate of drug-likeness (QED) is 0.661. The Labute approximate surface area is 115 Å². The van der Waals surface area contributed by atoms with Gasteiger partial charge in [0.1, 0.15) is 5.69 Å². The molecule has 1 heterocycles. The highest BCUT2D eigenvalue weighted by molar-refractivity contribution is 5.64. The largest absolute Gasteiger partial charge is 0.379 e. The topological polar surface area (TPSA) is 96.8 Å². The van der Waals surface area contributed by atoms with Gasteiger partial charge in [0.25, 0.3) is 5.69 Å². The summed E-state index contributed by atoms with van der Waals surface area (Å²) in [5.74, 6) is 0. The number of aryl methyl sites for hydroxylation is 1. The summed E-state index contributed by atoms with van der Waals surface area (Å²) in [6, 6.07) is 6.27. The minimum absolute atomic E-state index is 0.0888. The lowest BCUT2D eigenvalue weighted by Gasteiger charge is -2.07. The van der Waals surface area contributed by atoms with Crippen molar-refractivity contribution in [2.75, 3.05) is 11.9 Å². The van der Waals surface area contributed by atoms with Crippen LogP contribution in [0.4, 0.5) is 11.4 Å². The van der Waals surface area contributed by atoms with Gasteiger partial charge < -0.3 is 9.88 Å². The summed E-state index contributed by atoms with van der Waals surface area (Å²) in [6.07, 6.45) is 4.17. The Hall–Kier alpha value is -2.88. The molecule has 1 N–H and O–H groups in total. The lowest BCUT2D eigenvalue weighted by atomic mass is 10.2. The molecule has 7 nitrogen and oxygen atoms in total. The molecule has 0 aliphatic heterocycles. The molecule has 1 aromatic carbocycles. The van der Waals surface area contributed by atoms with Crippen molar-refractivity contribution in [2.24, 2.45) is 7.05 Å². The minimum Gasteiger partial charge on any atom is -0.379 e. The lowest BCUT2D eigenvalue weighted by Crippen LogP contribution is -2.09. The molecule has 1 aromatic heterocycles. The molecule has 0 bridgehead atoms. The Morgan fingerprint density at radius 3 is 2.95 bits per heavy atom. The van der Waals surface area contributed by atoms with Gasteiger partial charge in [0.2, 0.25) is 0 Å². The average Bonchev–Trinajstić information content (AvgIpc) is 2.84. The smallest absolute Gasteiger partial charge is 0.293 e. The van der Waals surface area contributed by atoms with E-state index in [9.17, 15) is 10.1 Å². The van der Waals surface area contributed by atoms with E-state index >= 15 is 0 Å². The fraction of sp³-hybridized carbons (Fsp3) is 0.231. The van der Waals surface area contributed by atoms with Gasteiger partial charge in [-0.05, 0) is 12.1 Å². The van der Waals surface area contributed by atoms with Crippen molar-refractivity contribution >= 4 is 11.4 Å². The Kier molecular flexibility index (Phi) is 3.96. The fourth-order valence-corrected chi connectivity index (χ4v) is 1.85. The molecule has 0 aliphatic rings. The van der Waals surface area contributed by atoms with Gasteiger partial charge in [-0.1, -0.05) is 0 Å². The van der Waals surface area contributed by atoms with Gasteiger partial charge >= 0.3 is 0 Å². The van der Waals surface area contributed by atoms with Gasteiger partial charge in [-0.25, -0.2) is 4.98 Å². The molecule has 0 radical (unpaired) electrons. The summed E-state index contributed by atoms with van der Waals surface area (Å²) in [4.78, 5) is 14.5. The molecule has 7 heteroatoms. The highest BCUT2D eigenvalue weighted by atomic mass is 16.6. The number of hydrogen-bond donors (Lipinski definition) is 1. The molecule has 20 heavy (non-hydrogen) atoms. The van der Waals surface area contributed by atoms with Crippen LogP contribution in [0, 0.1) is 21.4 Å². The van der Waals surface area contributed by atoms with Gasteiger partial charge in [-0.15, -0.1) is 0 Å². The number of nitriles is 1. The predicted octanol–water partition coefficient (Wildman–Crippen LogP) is 1.85. The van der Waals surface area contributed by atoms with Gasteiger partial charge in [0.15, 0.2) is 0 Å². The molecule has 102 valence electrons. The van der Waals surface area contributed by atoms with E-state index in [1.54, 1.807) is 24.7 Å². The van der Waals surface area contributed by atoms with Crippen LogP contribution in [-0.2, 0) is 13.5 Å². The summed E-state index contributed by atoms with van der Waals surface area (Å²) in [7, 11) is 1.90. The Bertz CT molecular complexity index is 672. The van der Waals surface area contributed by atoms with Crippen molar-refractivity contribution < 1.29 is 4.92 Å². The van der Waals surface area contributed by atoms with Gasteiger partial charge in [0, 0.05) is 38.0 Å². The van der Waals surface area contributed by atoms with Crippen molar-refractivity contribution in [2.45, 2.75) is 6.42 Å². The highest BCUT2D eigenvalue weighted by Crippen LogP contribution is 2.25. The van der Waals surface area contributed by atoms with Crippen molar-refractivity contribution in [3.8, 4) is 6.07 Å². The number of imidazole rings is 1. The SMILES string of the molecule is Cn1cncc1CCNc1ccc(C#N)cc1[N+](=O)[O-]. The van der Waals surface area contributed by atoms with Crippen LogP contribution in [0.3, 0.4) is 0 Å². The molecule has 0 spiro atoms. The Balaban J connectivity index is 2.08. The monoisotopic (exact) mass is 271 g/mol. The normalized spacial score (nSPS) is 10.0. The second kappa shape index (κ2) is 5.84. The van der Waals surface area contributed by atoms with Crippen LogP contribution >= 0.6 is 0 Å². The van der Waals surface area contributed by atoms with Crippen molar-refractivity contribution in [3.05, 3.63) is 52.1 Å². The number of nitrogens with zero attached hydrogens (tertiary/aromatic N) is 4. The standard InChI is InChI=1S/C13H13N5O2/c1-17-9-15-8-11(17)4-5-16-12-3-2-10(7-14)6-13(12)18(19)20/h2-3,6,8-9,16H,4-5H2,1H3. The van der Waals surface area contributed by atoms with E-state index in [0.29, 0.717) is 18.7 Å². The van der Waals surface area contributed by atoms with Gasteiger partial charge in [-0.2, -0.15) is 5.26 Å². The summed E-state index contributed by atoms with van der Waals surface area (Å²) >= 11 is 0. The van der Waals surface area contributed by atoms with Crippen molar-refractivity contribution in [1.82, 2.24) is 9.55 Å². The number of anilines is 1. The van der Waals surface area contributed by atoms with E-state index in [-0.39, 0.29) is 11.3 Å². The van der Waals surface area contributed by atoms with E-state index in [0.717, 1.165) is 5.69 Å². The Morgan fingerprint density at radius 1 is 1.55 bits per heavy atom. The summed E-state index contributed by atoms with van der Waals surface area (Å²) in [6.45, 7) is 0.548. The first-order valence-corrected chi connectivity index (χ1v) is 5.99. The second-order valence-corrected chi connectivity index (χ2v) is 4.27. The highest BCUT2D eigenvalue weighted by Gasteiger charge is 2.14. The fourth-order valence-electron chi connectivity index (χ4n) is 1.85. The van der Waals surface area contributed by atoms with Gasteiger partial charge in [0.05, 0.1) is 22.9 Å². The molecule has 2 aromatic rings. The van der Waals surface area contributed by atoms with Crippen LogP contribution in [0.15, 0.2) is 30.7 Å². The minimum atomic E-state index is -0.493. The summed E-state index contributed by atoms with van der Waals surface area (Å²) in [5, 5.41) is 22.8. The maximum Gasteiger partial charge on any atom is 0.293 e. The van der Waals surface area contributed by atoms with Crippen molar-refractivity contribution in [3.63, 3.8) is 0 Å². The number of nitro benzene ring substituents is 1. The number of rotatable bonds is 5. The van der Waals surface area contributed by atoms with Crippen LogP contribution in [0.5, 0.6) is 0 Å². The molecule has 0 saturated carbocycles. The van der Waals surface area contributed by atoms with E-state index in [1.807, 2.05) is 17.7 Å². The molecule has 0 amide bonds. The molecule has 0 saturated heterocycles. The van der Waals surface area contributed by atoms with E-state index in [2.05, 4.69) is 10.3 Å². The maximum atomic E-state index is 11.0. The predicted molar refractivity (Wildman–Crippen MR) is 73.2 cm³/mol. The second-order valence-electron chi connectivity index (χ2n) is 4.27. The zero-order valence-electron chi connectivity index (χ0n) is 10.9. The molecule has 0 aliphatic carbocycles. The number of nitrogens with one attached hydrogen (secondary N) is 1. The molecule has 0 atom stereocenters. The number of nitro groups is 1. The molecule has 0 fully saturated rings. The zero-order valence-corrected chi connectivity index (χ0v) is 10.9. The van der Waals surface area contributed by atoms with Gasteiger partial charge in [-0.3, -0.25) is 10.1 Å². The van der Waals surface area contributed by atoms with Crippen LogP contribution in [-0.4, -0.2) is 21.0 Å². The first-order valence-electron chi connectivity index (χ1n) is 5.99. The molecule has 2 rings (SSSR count).